The lowest BCUT2D eigenvalue weighted by Gasteiger charge is -2.15. The van der Waals surface area contributed by atoms with Gasteiger partial charge in [-0.1, -0.05) is 20.8 Å². The average molecular weight is 229 g/mol. The highest BCUT2D eigenvalue weighted by Crippen LogP contribution is 2.21. The van der Waals surface area contributed by atoms with Crippen molar-refractivity contribution in [1.82, 2.24) is 4.90 Å². The molecule has 0 bridgehead atoms. The first-order valence-electron chi connectivity index (χ1n) is 6.62. The third-order valence-electron chi connectivity index (χ3n) is 3.34. The smallest absolute Gasteiger partial charge is 0.0701 e. The van der Waals surface area contributed by atoms with Crippen LogP contribution in [0.2, 0.25) is 0 Å². The van der Waals surface area contributed by atoms with Crippen LogP contribution in [0.1, 0.15) is 27.2 Å². The zero-order valence-electron chi connectivity index (χ0n) is 11.1. The van der Waals surface area contributed by atoms with Gasteiger partial charge in [-0.25, -0.2) is 0 Å². The van der Waals surface area contributed by atoms with Crippen LogP contribution in [0.4, 0.5) is 0 Å². The van der Waals surface area contributed by atoms with Crippen molar-refractivity contribution in [1.29, 1.82) is 0 Å². The van der Waals surface area contributed by atoms with E-state index in [9.17, 15) is 0 Å². The van der Waals surface area contributed by atoms with Gasteiger partial charge in [0.2, 0.25) is 0 Å². The minimum atomic E-state index is 0.735. The lowest BCUT2D eigenvalue weighted by Crippen LogP contribution is -2.25. The molecule has 1 heterocycles. The molecule has 1 saturated heterocycles. The minimum Gasteiger partial charge on any atom is -0.379 e. The van der Waals surface area contributed by atoms with Gasteiger partial charge in [0.25, 0.3) is 0 Å². The summed E-state index contributed by atoms with van der Waals surface area (Å²) >= 11 is 0. The highest BCUT2D eigenvalue weighted by atomic mass is 16.5. The molecule has 0 aromatic carbocycles. The van der Waals surface area contributed by atoms with Gasteiger partial charge in [0.1, 0.15) is 0 Å². The Morgan fingerprint density at radius 1 is 0.938 bits per heavy atom. The monoisotopic (exact) mass is 229 g/mol. The molecule has 96 valence electrons. The van der Waals surface area contributed by atoms with Gasteiger partial charge in [0.15, 0.2) is 0 Å². The molecule has 1 rings (SSSR count). The molecular formula is C13H27NO2. The summed E-state index contributed by atoms with van der Waals surface area (Å²) in [6, 6.07) is 0. The van der Waals surface area contributed by atoms with Gasteiger partial charge in [-0.15, -0.1) is 0 Å². The molecule has 16 heavy (non-hydrogen) atoms. The maximum Gasteiger partial charge on any atom is 0.0701 e. The van der Waals surface area contributed by atoms with E-state index in [1.54, 1.807) is 0 Å². The highest BCUT2D eigenvalue weighted by molar-refractivity contribution is 4.77. The van der Waals surface area contributed by atoms with E-state index in [2.05, 4.69) is 25.7 Å². The van der Waals surface area contributed by atoms with Crippen molar-refractivity contribution in [3.8, 4) is 0 Å². The lowest BCUT2D eigenvalue weighted by atomic mass is 10.0. The van der Waals surface area contributed by atoms with E-state index in [4.69, 9.17) is 9.47 Å². The van der Waals surface area contributed by atoms with Crippen LogP contribution >= 0.6 is 0 Å². The topological polar surface area (TPSA) is 21.7 Å². The summed E-state index contributed by atoms with van der Waals surface area (Å²) in [6.07, 6.45) is 1.09. The second-order valence-electron chi connectivity index (χ2n) is 4.94. The van der Waals surface area contributed by atoms with E-state index in [1.807, 2.05) is 0 Å². The molecule has 1 aliphatic rings. The number of hydrogen-bond donors (Lipinski definition) is 0. The van der Waals surface area contributed by atoms with Crippen molar-refractivity contribution < 1.29 is 9.47 Å². The number of likely N-dealkylation sites (tertiary alicyclic amines) is 1. The van der Waals surface area contributed by atoms with E-state index in [0.29, 0.717) is 0 Å². The van der Waals surface area contributed by atoms with Gasteiger partial charge in [-0.2, -0.15) is 0 Å². The Hall–Kier alpha value is -0.120. The van der Waals surface area contributed by atoms with E-state index < -0.39 is 0 Å². The number of nitrogens with zero attached hydrogens (tertiary/aromatic N) is 1. The van der Waals surface area contributed by atoms with E-state index in [1.165, 1.54) is 13.1 Å². The number of hydrogen-bond acceptors (Lipinski definition) is 3. The summed E-state index contributed by atoms with van der Waals surface area (Å²) in [5, 5.41) is 0. The molecule has 1 fully saturated rings. The molecule has 0 aromatic rings. The van der Waals surface area contributed by atoms with Gasteiger partial charge >= 0.3 is 0 Å². The molecule has 1 aliphatic heterocycles. The Bertz CT molecular complexity index is 165. The first kappa shape index (κ1) is 13.9. The maximum atomic E-state index is 5.55. The Balaban J connectivity index is 1.88. The zero-order chi connectivity index (χ0) is 11.8. The molecule has 0 saturated carbocycles. The third kappa shape index (κ3) is 5.28. The molecule has 0 radical (unpaired) electrons. The molecule has 3 heteroatoms. The van der Waals surface area contributed by atoms with Crippen molar-refractivity contribution in [2.24, 2.45) is 11.8 Å². The van der Waals surface area contributed by atoms with E-state index >= 15 is 0 Å². The number of ether oxygens (including phenoxy) is 2. The van der Waals surface area contributed by atoms with Gasteiger partial charge < -0.3 is 14.4 Å². The van der Waals surface area contributed by atoms with Crippen LogP contribution in [0.25, 0.3) is 0 Å². The second-order valence-corrected chi connectivity index (χ2v) is 4.94. The first-order chi connectivity index (χ1) is 7.74. The normalized spacial score (nSPS) is 26.4. The van der Waals surface area contributed by atoms with Gasteiger partial charge in [0, 0.05) is 26.2 Å². The predicted octanol–water partition coefficient (Wildman–Crippen LogP) is 2.02. The summed E-state index contributed by atoms with van der Waals surface area (Å²) in [6.45, 7) is 13.5. The van der Waals surface area contributed by atoms with Crippen molar-refractivity contribution in [3.05, 3.63) is 0 Å². The van der Waals surface area contributed by atoms with Crippen molar-refractivity contribution in [2.45, 2.75) is 27.2 Å². The van der Waals surface area contributed by atoms with Crippen LogP contribution in [0.3, 0.4) is 0 Å². The van der Waals surface area contributed by atoms with Crippen LogP contribution in [0.15, 0.2) is 0 Å². The Labute approximate surface area is 100 Å². The van der Waals surface area contributed by atoms with Gasteiger partial charge in [-0.3, -0.25) is 0 Å². The van der Waals surface area contributed by atoms with Crippen LogP contribution in [-0.4, -0.2) is 51.0 Å². The SMILES string of the molecule is CCCOCCOCCN1CC(C)C(C)C1. The minimum absolute atomic E-state index is 0.735. The third-order valence-corrected chi connectivity index (χ3v) is 3.34. The molecule has 0 amide bonds. The average Bonchev–Trinajstić information content (AvgIpc) is 2.57. The fraction of sp³-hybridized carbons (Fsp3) is 1.00. The molecular weight excluding hydrogens is 202 g/mol. The fourth-order valence-corrected chi connectivity index (χ4v) is 2.09. The van der Waals surface area contributed by atoms with E-state index in [-0.39, 0.29) is 0 Å². The largest absolute Gasteiger partial charge is 0.379 e. The highest BCUT2D eigenvalue weighted by Gasteiger charge is 2.25. The van der Waals surface area contributed by atoms with Crippen LogP contribution in [0, 0.1) is 11.8 Å². The first-order valence-corrected chi connectivity index (χ1v) is 6.62. The van der Waals surface area contributed by atoms with Crippen LogP contribution in [-0.2, 0) is 9.47 Å². The van der Waals surface area contributed by atoms with Crippen molar-refractivity contribution in [3.63, 3.8) is 0 Å². The molecule has 3 nitrogen and oxygen atoms in total. The molecule has 2 unspecified atom stereocenters. The molecule has 2 atom stereocenters. The predicted molar refractivity (Wildman–Crippen MR) is 66.7 cm³/mol. The fourth-order valence-electron chi connectivity index (χ4n) is 2.09. The van der Waals surface area contributed by atoms with Gasteiger partial charge in [-0.05, 0) is 18.3 Å². The molecule has 0 aromatic heterocycles. The Morgan fingerprint density at radius 2 is 1.50 bits per heavy atom. The Kier molecular flexibility index (Phi) is 7.01. The van der Waals surface area contributed by atoms with Crippen LogP contribution in [0.5, 0.6) is 0 Å². The molecule has 0 aliphatic carbocycles. The summed E-state index contributed by atoms with van der Waals surface area (Å²) in [4.78, 5) is 2.50. The summed E-state index contributed by atoms with van der Waals surface area (Å²) in [7, 11) is 0. The standard InChI is InChI=1S/C13H27NO2/c1-4-6-15-8-9-16-7-5-14-10-12(2)13(3)11-14/h12-13H,4-11H2,1-3H3. The van der Waals surface area contributed by atoms with Gasteiger partial charge in [0.05, 0.1) is 19.8 Å². The zero-order valence-corrected chi connectivity index (χ0v) is 11.1. The summed E-state index contributed by atoms with van der Waals surface area (Å²) in [5.74, 6) is 1.68. The Morgan fingerprint density at radius 3 is 2.06 bits per heavy atom. The quantitative estimate of drug-likeness (QED) is 0.594. The molecule has 0 spiro atoms. The molecule has 0 N–H and O–H groups in total. The maximum absolute atomic E-state index is 5.55. The van der Waals surface area contributed by atoms with E-state index in [0.717, 1.165) is 51.2 Å². The van der Waals surface area contributed by atoms with Crippen molar-refractivity contribution in [2.75, 3.05) is 46.1 Å². The number of rotatable bonds is 8. The van der Waals surface area contributed by atoms with Crippen LogP contribution < -0.4 is 0 Å². The summed E-state index contributed by atoms with van der Waals surface area (Å²) in [5.41, 5.74) is 0. The lowest BCUT2D eigenvalue weighted by molar-refractivity contribution is 0.0405. The second kappa shape index (κ2) is 8.04. The summed E-state index contributed by atoms with van der Waals surface area (Å²) < 4.78 is 10.9. The van der Waals surface area contributed by atoms with Crippen molar-refractivity contribution >= 4 is 0 Å².